The minimum absolute atomic E-state index is 0.176. The second-order valence-corrected chi connectivity index (χ2v) is 4.56. The fourth-order valence-electron chi connectivity index (χ4n) is 1.83. The predicted octanol–water partition coefficient (Wildman–Crippen LogP) is 0.968. The zero-order chi connectivity index (χ0) is 13.7. The Kier molecular flexibility index (Phi) is 4.24. The summed E-state index contributed by atoms with van der Waals surface area (Å²) in [5.74, 6) is 0.725. The molecule has 1 saturated heterocycles. The van der Waals surface area contributed by atoms with Crippen LogP contribution in [0.25, 0.3) is 0 Å². The van der Waals surface area contributed by atoms with Crippen LogP contribution in [0.1, 0.15) is 6.42 Å². The third-order valence-corrected chi connectivity index (χ3v) is 3.01. The molecule has 1 aromatic carbocycles. The standard InChI is InChI=1S/C13H18N2O4/c1-18-11-4-2-10(3-5-11)15-12(16)14-8-13(17)6-7-19-9-13/h2-5,17H,6-9H2,1H3,(H2,14,15,16). The molecule has 6 nitrogen and oxygen atoms in total. The van der Waals surface area contributed by atoms with Crippen LogP contribution in [0.4, 0.5) is 10.5 Å². The summed E-state index contributed by atoms with van der Waals surface area (Å²) in [5, 5.41) is 15.3. The summed E-state index contributed by atoms with van der Waals surface area (Å²) in [5.41, 5.74) is -0.287. The summed E-state index contributed by atoms with van der Waals surface area (Å²) in [6.45, 7) is 0.961. The molecule has 1 heterocycles. The van der Waals surface area contributed by atoms with Gasteiger partial charge in [0.2, 0.25) is 0 Å². The lowest BCUT2D eigenvalue weighted by Crippen LogP contribution is -2.44. The molecule has 0 aliphatic carbocycles. The first kappa shape index (κ1) is 13.6. The van der Waals surface area contributed by atoms with E-state index in [0.717, 1.165) is 5.75 Å². The monoisotopic (exact) mass is 266 g/mol. The van der Waals surface area contributed by atoms with Crippen LogP contribution >= 0.6 is 0 Å². The molecule has 2 amide bonds. The fraction of sp³-hybridized carbons (Fsp3) is 0.462. The highest BCUT2D eigenvalue weighted by Crippen LogP contribution is 2.17. The molecule has 3 N–H and O–H groups in total. The molecule has 1 fully saturated rings. The van der Waals surface area contributed by atoms with E-state index in [1.165, 1.54) is 0 Å². The Bertz CT molecular complexity index is 427. The first-order valence-corrected chi connectivity index (χ1v) is 6.10. The molecule has 1 aliphatic rings. The molecule has 0 radical (unpaired) electrons. The van der Waals surface area contributed by atoms with Crippen molar-refractivity contribution in [2.24, 2.45) is 0 Å². The van der Waals surface area contributed by atoms with Crippen LogP contribution in [-0.4, -0.2) is 43.6 Å². The third kappa shape index (κ3) is 3.84. The summed E-state index contributed by atoms with van der Waals surface area (Å²) < 4.78 is 10.1. The average Bonchev–Trinajstić information content (AvgIpc) is 2.85. The summed E-state index contributed by atoms with van der Waals surface area (Å²) in [6, 6.07) is 6.64. The predicted molar refractivity (Wildman–Crippen MR) is 70.4 cm³/mol. The average molecular weight is 266 g/mol. The number of methoxy groups -OCH3 is 1. The molecule has 0 aromatic heterocycles. The highest BCUT2D eigenvalue weighted by molar-refractivity contribution is 5.89. The van der Waals surface area contributed by atoms with E-state index < -0.39 is 5.60 Å². The summed E-state index contributed by atoms with van der Waals surface area (Å²) in [4.78, 5) is 11.7. The van der Waals surface area contributed by atoms with E-state index in [0.29, 0.717) is 18.7 Å². The number of nitrogens with one attached hydrogen (secondary N) is 2. The highest BCUT2D eigenvalue weighted by atomic mass is 16.5. The van der Waals surface area contributed by atoms with Gasteiger partial charge in [0.05, 0.1) is 20.3 Å². The van der Waals surface area contributed by atoms with Crippen LogP contribution in [0.3, 0.4) is 0 Å². The molecule has 0 saturated carbocycles. The number of urea groups is 1. The quantitative estimate of drug-likeness (QED) is 0.758. The van der Waals surface area contributed by atoms with E-state index >= 15 is 0 Å². The lowest BCUT2D eigenvalue weighted by molar-refractivity contribution is 0.0295. The third-order valence-electron chi connectivity index (χ3n) is 3.01. The van der Waals surface area contributed by atoms with Crippen molar-refractivity contribution in [1.29, 1.82) is 0 Å². The number of amides is 2. The van der Waals surface area contributed by atoms with E-state index in [4.69, 9.17) is 9.47 Å². The molecule has 1 unspecified atom stereocenters. The molecular weight excluding hydrogens is 248 g/mol. The molecule has 6 heteroatoms. The number of carbonyl (C=O) groups excluding carboxylic acids is 1. The molecule has 104 valence electrons. The number of hydrogen-bond donors (Lipinski definition) is 3. The van der Waals surface area contributed by atoms with Crippen molar-refractivity contribution in [3.05, 3.63) is 24.3 Å². The van der Waals surface area contributed by atoms with Gasteiger partial charge in [-0.25, -0.2) is 4.79 Å². The van der Waals surface area contributed by atoms with Gasteiger partial charge < -0.3 is 25.2 Å². The van der Waals surface area contributed by atoms with Crippen LogP contribution in [0.5, 0.6) is 5.75 Å². The Hall–Kier alpha value is -1.79. The lowest BCUT2D eigenvalue weighted by atomic mass is 10.0. The number of aliphatic hydroxyl groups is 1. The van der Waals surface area contributed by atoms with Crippen molar-refractivity contribution in [2.45, 2.75) is 12.0 Å². The fourth-order valence-corrected chi connectivity index (χ4v) is 1.83. The Morgan fingerprint density at radius 2 is 2.21 bits per heavy atom. The number of carbonyl (C=O) groups is 1. The first-order chi connectivity index (χ1) is 9.11. The second kappa shape index (κ2) is 5.90. The van der Waals surface area contributed by atoms with Gasteiger partial charge in [0.15, 0.2) is 0 Å². The summed E-state index contributed by atoms with van der Waals surface area (Å²) in [7, 11) is 1.58. The van der Waals surface area contributed by atoms with E-state index in [9.17, 15) is 9.90 Å². The van der Waals surface area contributed by atoms with Crippen LogP contribution in [0, 0.1) is 0 Å². The molecule has 19 heavy (non-hydrogen) atoms. The van der Waals surface area contributed by atoms with Crippen molar-refractivity contribution in [3.63, 3.8) is 0 Å². The molecular formula is C13H18N2O4. The van der Waals surface area contributed by atoms with Crippen molar-refractivity contribution in [1.82, 2.24) is 5.32 Å². The largest absolute Gasteiger partial charge is 0.497 e. The Balaban J connectivity index is 1.80. The van der Waals surface area contributed by atoms with Crippen LogP contribution in [0.2, 0.25) is 0 Å². The van der Waals surface area contributed by atoms with Crippen molar-refractivity contribution in [2.75, 3.05) is 32.2 Å². The van der Waals surface area contributed by atoms with Crippen molar-refractivity contribution >= 4 is 11.7 Å². The number of rotatable bonds is 4. The Morgan fingerprint density at radius 1 is 1.47 bits per heavy atom. The highest BCUT2D eigenvalue weighted by Gasteiger charge is 2.32. The minimum Gasteiger partial charge on any atom is -0.497 e. The maximum absolute atomic E-state index is 11.7. The normalized spacial score (nSPS) is 22.0. The molecule has 1 atom stereocenters. The van der Waals surface area contributed by atoms with Crippen molar-refractivity contribution < 1.29 is 19.4 Å². The van der Waals surface area contributed by atoms with Gasteiger partial charge in [-0.15, -0.1) is 0 Å². The van der Waals surface area contributed by atoms with Crippen molar-refractivity contribution in [3.8, 4) is 5.75 Å². The summed E-state index contributed by atoms with van der Waals surface area (Å²) >= 11 is 0. The maximum Gasteiger partial charge on any atom is 0.319 e. The number of anilines is 1. The second-order valence-electron chi connectivity index (χ2n) is 4.56. The SMILES string of the molecule is COc1ccc(NC(=O)NCC2(O)CCOC2)cc1. The van der Waals surface area contributed by atoms with Gasteiger partial charge in [-0.3, -0.25) is 0 Å². The number of hydrogen-bond acceptors (Lipinski definition) is 4. The van der Waals surface area contributed by atoms with Crippen LogP contribution in [-0.2, 0) is 4.74 Å². The van der Waals surface area contributed by atoms with Gasteiger partial charge in [0, 0.05) is 18.7 Å². The van der Waals surface area contributed by atoms with Gasteiger partial charge in [-0.05, 0) is 24.3 Å². The lowest BCUT2D eigenvalue weighted by Gasteiger charge is -2.20. The number of ether oxygens (including phenoxy) is 2. The van der Waals surface area contributed by atoms with Gasteiger partial charge in [-0.1, -0.05) is 0 Å². The Morgan fingerprint density at radius 3 is 2.79 bits per heavy atom. The molecule has 2 rings (SSSR count). The van der Waals surface area contributed by atoms with E-state index in [-0.39, 0.29) is 19.2 Å². The Labute approximate surface area is 111 Å². The number of benzene rings is 1. The van der Waals surface area contributed by atoms with Gasteiger partial charge in [0.1, 0.15) is 11.4 Å². The topological polar surface area (TPSA) is 79.8 Å². The van der Waals surface area contributed by atoms with E-state index in [2.05, 4.69) is 10.6 Å². The van der Waals surface area contributed by atoms with E-state index in [1.54, 1.807) is 31.4 Å². The van der Waals surface area contributed by atoms with E-state index in [1.807, 2.05) is 0 Å². The molecule has 0 spiro atoms. The molecule has 1 aliphatic heterocycles. The zero-order valence-corrected chi connectivity index (χ0v) is 10.8. The van der Waals surface area contributed by atoms with Gasteiger partial charge >= 0.3 is 6.03 Å². The summed E-state index contributed by atoms with van der Waals surface area (Å²) in [6.07, 6.45) is 0.538. The smallest absolute Gasteiger partial charge is 0.319 e. The van der Waals surface area contributed by atoms with Crippen LogP contribution < -0.4 is 15.4 Å². The minimum atomic E-state index is -0.947. The van der Waals surface area contributed by atoms with Gasteiger partial charge in [0.25, 0.3) is 0 Å². The molecule has 0 bridgehead atoms. The van der Waals surface area contributed by atoms with Gasteiger partial charge in [-0.2, -0.15) is 0 Å². The zero-order valence-electron chi connectivity index (χ0n) is 10.8. The van der Waals surface area contributed by atoms with Crippen LogP contribution in [0.15, 0.2) is 24.3 Å². The maximum atomic E-state index is 11.7. The molecule has 1 aromatic rings. The first-order valence-electron chi connectivity index (χ1n) is 6.10.